The van der Waals surface area contributed by atoms with Crippen LogP contribution in [0, 0.1) is 5.92 Å². The lowest BCUT2D eigenvalue weighted by molar-refractivity contribution is 0.524. The van der Waals surface area contributed by atoms with Gasteiger partial charge in [-0.3, -0.25) is 0 Å². The van der Waals surface area contributed by atoms with Crippen LogP contribution in [0.15, 0.2) is 164 Å². The first kappa shape index (κ1) is 29.4. The predicted octanol–water partition coefficient (Wildman–Crippen LogP) is 12.6. The third-order valence-electron chi connectivity index (χ3n) is 11.6. The highest BCUT2D eigenvalue weighted by molar-refractivity contribution is 6.14. The molecular weight excluding hydrogens is 631 g/mol. The van der Waals surface area contributed by atoms with E-state index in [1.807, 2.05) is 0 Å². The minimum Gasteiger partial charge on any atom is -0.332 e. The van der Waals surface area contributed by atoms with Crippen molar-refractivity contribution in [2.75, 3.05) is 0 Å². The minimum atomic E-state index is 0.122. The van der Waals surface area contributed by atoms with Gasteiger partial charge in [0.1, 0.15) is 0 Å². The molecule has 0 saturated heterocycles. The number of hydrogen-bond acceptors (Lipinski definition) is 0. The van der Waals surface area contributed by atoms with E-state index in [9.17, 15) is 0 Å². The molecular formula is C49H37N3. The van der Waals surface area contributed by atoms with Crippen LogP contribution in [0.3, 0.4) is 0 Å². The number of rotatable bonds is 4. The predicted molar refractivity (Wildman–Crippen MR) is 220 cm³/mol. The average molecular weight is 668 g/mol. The highest BCUT2D eigenvalue weighted by Gasteiger charge is 2.31. The molecule has 3 heterocycles. The Kier molecular flexibility index (Phi) is 6.42. The van der Waals surface area contributed by atoms with Gasteiger partial charge in [0.25, 0.3) is 0 Å². The van der Waals surface area contributed by atoms with E-state index in [0.717, 1.165) is 12.8 Å². The first-order valence-electron chi connectivity index (χ1n) is 18.5. The van der Waals surface area contributed by atoms with Crippen LogP contribution in [0.25, 0.3) is 77.5 Å². The van der Waals surface area contributed by atoms with Crippen molar-refractivity contribution in [2.45, 2.75) is 25.8 Å². The molecule has 0 N–H and O–H groups in total. The molecule has 2 aliphatic carbocycles. The summed E-state index contributed by atoms with van der Waals surface area (Å²) >= 11 is 0. The summed E-state index contributed by atoms with van der Waals surface area (Å²) in [5.41, 5.74) is 14.0. The fraction of sp³-hybridized carbons (Fsp3) is 0.102. The van der Waals surface area contributed by atoms with E-state index in [1.54, 1.807) is 0 Å². The monoisotopic (exact) mass is 667 g/mol. The summed E-state index contributed by atoms with van der Waals surface area (Å²) in [6.07, 6.45) is 13.8. The smallest absolute Gasteiger partial charge is 0.0658 e. The number of aromatic nitrogens is 3. The topological polar surface area (TPSA) is 14.8 Å². The fourth-order valence-corrected chi connectivity index (χ4v) is 9.42. The quantitative estimate of drug-likeness (QED) is 0.177. The number of nitrogens with zero attached hydrogens (tertiary/aromatic N) is 3. The molecule has 3 nitrogen and oxygen atoms in total. The lowest BCUT2D eigenvalue weighted by atomic mass is 9.84. The second-order valence-corrected chi connectivity index (χ2v) is 14.4. The highest BCUT2D eigenvalue weighted by Crippen LogP contribution is 2.46. The van der Waals surface area contributed by atoms with Gasteiger partial charge in [0.2, 0.25) is 0 Å². The average Bonchev–Trinajstić information content (AvgIpc) is 3.82. The van der Waals surface area contributed by atoms with Gasteiger partial charge in [-0.05, 0) is 84.5 Å². The van der Waals surface area contributed by atoms with Crippen LogP contribution in [0.2, 0.25) is 0 Å². The molecule has 0 bridgehead atoms. The van der Waals surface area contributed by atoms with E-state index >= 15 is 0 Å². The molecule has 2 aliphatic rings. The van der Waals surface area contributed by atoms with Crippen LogP contribution in [-0.4, -0.2) is 13.7 Å². The molecule has 6 aromatic carbocycles. The summed E-state index contributed by atoms with van der Waals surface area (Å²) in [6, 6.07) is 51.7. The molecule has 3 heteroatoms. The third-order valence-corrected chi connectivity index (χ3v) is 11.6. The van der Waals surface area contributed by atoms with E-state index in [1.165, 1.54) is 88.3 Å². The Balaban J connectivity index is 1.20. The molecule has 0 fully saturated rings. The van der Waals surface area contributed by atoms with Crippen LogP contribution < -0.4 is 0 Å². The summed E-state index contributed by atoms with van der Waals surface area (Å²) in [6.45, 7) is 2.37. The van der Waals surface area contributed by atoms with Crippen molar-refractivity contribution in [3.8, 4) is 11.4 Å². The standard InChI is InChI=1S/C49H37N3/c1-32-16-15-24-39(49(32)52-45-28-13-5-19-34(45)35-20-6-14-29-46(35)52)36-21-7-11-26-43(36)51-44-27-12-9-23-38(44)41-30-40-37-22-8-10-25-42(37)50(47(40)31-48(41)51)33-17-3-2-4-18-33/h2-8,10-22,24-32,49H,9,23H2,1H3. The van der Waals surface area contributed by atoms with E-state index in [0.29, 0.717) is 5.92 Å². The summed E-state index contributed by atoms with van der Waals surface area (Å²) in [4.78, 5) is 0. The van der Waals surface area contributed by atoms with Crippen molar-refractivity contribution in [3.05, 3.63) is 181 Å². The summed E-state index contributed by atoms with van der Waals surface area (Å²) in [7, 11) is 0. The van der Waals surface area contributed by atoms with Crippen molar-refractivity contribution in [1.82, 2.24) is 13.7 Å². The second-order valence-electron chi connectivity index (χ2n) is 14.4. The zero-order chi connectivity index (χ0) is 34.3. The van der Waals surface area contributed by atoms with Crippen molar-refractivity contribution in [1.29, 1.82) is 0 Å². The Hall–Kier alpha value is -6.32. The van der Waals surface area contributed by atoms with Crippen LogP contribution in [0.5, 0.6) is 0 Å². The number of para-hydroxylation sites is 5. The van der Waals surface area contributed by atoms with E-state index in [4.69, 9.17) is 0 Å². The number of allylic oxidation sites excluding steroid dienone is 5. The lowest BCUT2D eigenvalue weighted by Gasteiger charge is -2.32. The summed E-state index contributed by atoms with van der Waals surface area (Å²) in [5.74, 6) is 0.295. The third kappa shape index (κ3) is 4.14. The van der Waals surface area contributed by atoms with Gasteiger partial charge in [-0.15, -0.1) is 0 Å². The van der Waals surface area contributed by atoms with Crippen molar-refractivity contribution < 1.29 is 0 Å². The van der Waals surface area contributed by atoms with Gasteiger partial charge < -0.3 is 13.7 Å². The number of fused-ring (bicyclic) bond motifs is 9. The summed E-state index contributed by atoms with van der Waals surface area (Å²) in [5, 5.41) is 6.55. The maximum atomic E-state index is 2.60. The van der Waals surface area contributed by atoms with Gasteiger partial charge in [-0.2, -0.15) is 0 Å². The molecule has 0 saturated carbocycles. The first-order chi connectivity index (χ1) is 25.8. The van der Waals surface area contributed by atoms with Gasteiger partial charge in [0, 0.05) is 54.9 Å². The Morgan fingerprint density at radius 2 is 1.19 bits per heavy atom. The molecule has 0 aliphatic heterocycles. The fourth-order valence-electron chi connectivity index (χ4n) is 9.42. The van der Waals surface area contributed by atoms with Crippen molar-refractivity contribution in [3.63, 3.8) is 0 Å². The Morgan fingerprint density at radius 3 is 1.96 bits per heavy atom. The molecule has 0 radical (unpaired) electrons. The normalized spacial score (nSPS) is 17.1. The van der Waals surface area contributed by atoms with E-state index in [-0.39, 0.29) is 6.04 Å². The molecule has 3 aromatic heterocycles. The second kappa shape index (κ2) is 11.3. The number of hydrogen-bond donors (Lipinski definition) is 0. The first-order valence-corrected chi connectivity index (χ1v) is 18.5. The SMILES string of the molecule is CC1C=CC=C(c2ccccc2-n2c3c(c4cc5c6ccccc6n(-c6ccccc6)c5cc42)CCC=C3)C1n1c2ccccc2c2ccccc21. The van der Waals surface area contributed by atoms with Gasteiger partial charge in [0.05, 0.1) is 28.3 Å². The molecule has 11 rings (SSSR count). The minimum absolute atomic E-state index is 0.122. The van der Waals surface area contributed by atoms with Crippen LogP contribution in [0.4, 0.5) is 0 Å². The number of aryl methyl sites for hydroxylation is 1. The molecule has 2 atom stereocenters. The molecule has 0 amide bonds. The molecule has 9 aromatic rings. The Bertz CT molecular complexity index is 2920. The van der Waals surface area contributed by atoms with E-state index in [2.05, 4.69) is 191 Å². The zero-order valence-electron chi connectivity index (χ0n) is 29.1. The van der Waals surface area contributed by atoms with Gasteiger partial charge in [0.15, 0.2) is 0 Å². The molecule has 248 valence electrons. The maximum Gasteiger partial charge on any atom is 0.0658 e. The highest BCUT2D eigenvalue weighted by atomic mass is 15.0. The van der Waals surface area contributed by atoms with Crippen LogP contribution in [0.1, 0.15) is 36.2 Å². The van der Waals surface area contributed by atoms with Gasteiger partial charge in [-0.25, -0.2) is 0 Å². The van der Waals surface area contributed by atoms with Gasteiger partial charge >= 0.3 is 0 Å². The van der Waals surface area contributed by atoms with E-state index < -0.39 is 0 Å². The van der Waals surface area contributed by atoms with Crippen LogP contribution in [-0.2, 0) is 6.42 Å². The zero-order valence-corrected chi connectivity index (χ0v) is 29.1. The largest absolute Gasteiger partial charge is 0.332 e. The maximum absolute atomic E-state index is 2.60. The summed E-state index contributed by atoms with van der Waals surface area (Å²) < 4.78 is 7.61. The van der Waals surface area contributed by atoms with Crippen molar-refractivity contribution >= 4 is 66.2 Å². The molecule has 0 spiro atoms. The van der Waals surface area contributed by atoms with Gasteiger partial charge in [-0.1, -0.05) is 122 Å². The molecule has 2 unspecified atom stereocenters. The number of benzene rings is 6. The van der Waals surface area contributed by atoms with Crippen molar-refractivity contribution in [2.24, 2.45) is 5.92 Å². The Labute approximate surface area is 302 Å². The Morgan fingerprint density at radius 1 is 0.558 bits per heavy atom. The lowest BCUT2D eigenvalue weighted by Crippen LogP contribution is -2.20. The van der Waals surface area contributed by atoms with Crippen LogP contribution >= 0.6 is 0 Å². The molecule has 52 heavy (non-hydrogen) atoms.